The number of nitrogens with two attached hydrogens (primary N) is 1. The maximum Gasteiger partial charge on any atom is 0.118 e. The van der Waals surface area contributed by atoms with Gasteiger partial charge >= 0.3 is 0 Å². The Morgan fingerprint density at radius 2 is 2.06 bits per heavy atom. The summed E-state index contributed by atoms with van der Waals surface area (Å²) in [6.07, 6.45) is 3.50. The number of nitrogens with one attached hydrogen (secondary N) is 1. The van der Waals surface area contributed by atoms with Gasteiger partial charge in [0.05, 0.1) is 7.11 Å². The van der Waals surface area contributed by atoms with Crippen LogP contribution in [0.15, 0.2) is 30.5 Å². The van der Waals surface area contributed by atoms with Gasteiger partial charge in [-0.05, 0) is 24.2 Å². The van der Waals surface area contributed by atoms with E-state index in [1.165, 1.54) is 5.56 Å². The van der Waals surface area contributed by atoms with Crippen LogP contribution in [0, 0.1) is 0 Å². The maximum absolute atomic E-state index is 5.49. The van der Waals surface area contributed by atoms with E-state index in [2.05, 4.69) is 9.97 Å². The molecule has 4 heteroatoms. The van der Waals surface area contributed by atoms with Crippen molar-refractivity contribution in [3.8, 4) is 5.75 Å². The molecule has 17 heavy (non-hydrogen) atoms. The van der Waals surface area contributed by atoms with Crippen molar-refractivity contribution in [2.24, 2.45) is 5.73 Å². The zero-order valence-corrected chi connectivity index (χ0v) is 9.94. The van der Waals surface area contributed by atoms with Crippen molar-refractivity contribution in [1.82, 2.24) is 9.97 Å². The third kappa shape index (κ3) is 3.07. The molecule has 0 spiro atoms. The van der Waals surface area contributed by atoms with E-state index in [4.69, 9.17) is 10.5 Å². The van der Waals surface area contributed by atoms with Gasteiger partial charge in [0, 0.05) is 24.7 Å². The standard InChI is InChI=1S/C13H17N3O/c1-17-12-4-2-10(3-5-12)8-13-15-9-11(16-13)6-7-14/h2-5,9H,6-8,14H2,1H3,(H,15,16). The summed E-state index contributed by atoms with van der Waals surface area (Å²) in [6.45, 7) is 0.643. The van der Waals surface area contributed by atoms with Crippen LogP contribution in [0.2, 0.25) is 0 Å². The topological polar surface area (TPSA) is 63.9 Å². The molecule has 90 valence electrons. The Hall–Kier alpha value is -1.81. The van der Waals surface area contributed by atoms with Crippen LogP contribution in [0.3, 0.4) is 0 Å². The molecule has 0 radical (unpaired) electrons. The van der Waals surface area contributed by atoms with Crippen molar-refractivity contribution in [2.45, 2.75) is 12.8 Å². The second-order valence-corrected chi connectivity index (χ2v) is 3.92. The summed E-state index contributed by atoms with van der Waals surface area (Å²) in [5.41, 5.74) is 7.79. The van der Waals surface area contributed by atoms with Gasteiger partial charge in [-0.1, -0.05) is 12.1 Å². The minimum absolute atomic E-state index is 0.643. The zero-order valence-electron chi connectivity index (χ0n) is 9.94. The minimum atomic E-state index is 0.643. The third-order valence-electron chi connectivity index (χ3n) is 2.63. The predicted molar refractivity (Wildman–Crippen MR) is 67.1 cm³/mol. The quantitative estimate of drug-likeness (QED) is 0.819. The minimum Gasteiger partial charge on any atom is -0.497 e. The van der Waals surface area contributed by atoms with E-state index in [-0.39, 0.29) is 0 Å². The van der Waals surface area contributed by atoms with Crippen LogP contribution in [0.25, 0.3) is 0 Å². The van der Waals surface area contributed by atoms with E-state index in [1.807, 2.05) is 30.5 Å². The first-order chi connectivity index (χ1) is 8.31. The van der Waals surface area contributed by atoms with Crippen molar-refractivity contribution in [3.63, 3.8) is 0 Å². The highest BCUT2D eigenvalue weighted by Crippen LogP contribution is 2.13. The summed E-state index contributed by atoms with van der Waals surface area (Å²) in [4.78, 5) is 7.60. The molecule has 0 amide bonds. The van der Waals surface area contributed by atoms with E-state index in [9.17, 15) is 0 Å². The second-order valence-electron chi connectivity index (χ2n) is 3.92. The fourth-order valence-corrected chi connectivity index (χ4v) is 1.71. The number of hydrogen-bond donors (Lipinski definition) is 2. The van der Waals surface area contributed by atoms with Crippen LogP contribution in [-0.4, -0.2) is 23.6 Å². The van der Waals surface area contributed by atoms with Gasteiger partial charge in [-0.15, -0.1) is 0 Å². The van der Waals surface area contributed by atoms with Gasteiger partial charge in [0.15, 0.2) is 0 Å². The number of methoxy groups -OCH3 is 1. The molecule has 0 unspecified atom stereocenters. The second kappa shape index (κ2) is 5.50. The zero-order chi connectivity index (χ0) is 12.1. The van der Waals surface area contributed by atoms with Crippen molar-refractivity contribution < 1.29 is 4.74 Å². The van der Waals surface area contributed by atoms with Crippen molar-refractivity contribution in [1.29, 1.82) is 0 Å². The lowest BCUT2D eigenvalue weighted by Gasteiger charge is -2.01. The Morgan fingerprint density at radius 1 is 1.29 bits per heavy atom. The van der Waals surface area contributed by atoms with E-state index in [0.29, 0.717) is 6.54 Å². The number of nitrogens with zero attached hydrogens (tertiary/aromatic N) is 1. The molecule has 2 rings (SSSR count). The molecule has 0 saturated heterocycles. The molecule has 0 bridgehead atoms. The van der Waals surface area contributed by atoms with Crippen LogP contribution in [-0.2, 0) is 12.8 Å². The molecule has 0 aliphatic carbocycles. The molecular formula is C13H17N3O. The Bertz CT molecular complexity index is 462. The van der Waals surface area contributed by atoms with Crippen molar-refractivity contribution in [3.05, 3.63) is 47.5 Å². The van der Waals surface area contributed by atoms with Gasteiger partial charge in [-0.25, -0.2) is 4.98 Å². The summed E-state index contributed by atoms with van der Waals surface area (Å²) in [6, 6.07) is 8.01. The Labute approximate surface area is 101 Å². The van der Waals surface area contributed by atoms with Crippen LogP contribution in [0.1, 0.15) is 17.1 Å². The number of benzene rings is 1. The summed E-state index contributed by atoms with van der Waals surface area (Å²) >= 11 is 0. The first-order valence-corrected chi connectivity index (χ1v) is 5.67. The summed E-state index contributed by atoms with van der Waals surface area (Å²) in [5.74, 6) is 1.84. The van der Waals surface area contributed by atoms with Crippen LogP contribution in [0.4, 0.5) is 0 Å². The van der Waals surface area contributed by atoms with E-state index in [0.717, 1.165) is 30.1 Å². The number of aromatic amines is 1. The number of imidazole rings is 1. The van der Waals surface area contributed by atoms with Gasteiger partial charge in [-0.2, -0.15) is 0 Å². The van der Waals surface area contributed by atoms with E-state index in [1.54, 1.807) is 7.11 Å². The molecule has 0 fully saturated rings. The Balaban J connectivity index is 2.03. The molecule has 1 heterocycles. The highest BCUT2D eigenvalue weighted by Gasteiger charge is 2.02. The van der Waals surface area contributed by atoms with E-state index >= 15 is 0 Å². The van der Waals surface area contributed by atoms with Gasteiger partial charge in [0.25, 0.3) is 0 Å². The van der Waals surface area contributed by atoms with Gasteiger partial charge in [-0.3, -0.25) is 0 Å². The Kier molecular flexibility index (Phi) is 3.77. The molecular weight excluding hydrogens is 214 g/mol. The summed E-state index contributed by atoms with van der Waals surface area (Å²) in [7, 11) is 1.67. The van der Waals surface area contributed by atoms with Gasteiger partial charge < -0.3 is 15.5 Å². The number of ether oxygens (including phenoxy) is 1. The van der Waals surface area contributed by atoms with Crippen molar-refractivity contribution in [2.75, 3.05) is 13.7 Å². The molecule has 1 aromatic carbocycles. The monoisotopic (exact) mass is 231 g/mol. The van der Waals surface area contributed by atoms with Gasteiger partial charge in [0.1, 0.15) is 11.6 Å². The van der Waals surface area contributed by atoms with E-state index < -0.39 is 0 Å². The number of aromatic nitrogens is 2. The number of hydrogen-bond acceptors (Lipinski definition) is 3. The van der Waals surface area contributed by atoms with Crippen LogP contribution >= 0.6 is 0 Å². The number of H-pyrrole nitrogens is 1. The smallest absolute Gasteiger partial charge is 0.118 e. The highest BCUT2D eigenvalue weighted by atomic mass is 16.5. The number of rotatable bonds is 5. The Morgan fingerprint density at radius 3 is 2.71 bits per heavy atom. The van der Waals surface area contributed by atoms with Gasteiger partial charge in [0.2, 0.25) is 0 Å². The van der Waals surface area contributed by atoms with Crippen LogP contribution < -0.4 is 10.5 Å². The predicted octanol–water partition coefficient (Wildman–Crippen LogP) is 1.51. The fourth-order valence-electron chi connectivity index (χ4n) is 1.71. The highest BCUT2D eigenvalue weighted by molar-refractivity contribution is 5.28. The molecule has 1 aromatic heterocycles. The largest absolute Gasteiger partial charge is 0.497 e. The first-order valence-electron chi connectivity index (χ1n) is 5.67. The summed E-state index contributed by atoms with van der Waals surface area (Å²) < 4.78 is 5.12. The average molecular weight is 231 g/mol. The first kappa shape index (κ1) is 11.7. The third-order valence-corrected chi connectivity index (χ3v) is 2.63. The van der Waals surface area contributed by atoms with Crippen molar-refractivity contribution >= 4 is 0 Å². The molecule has 3 N–H and O–H groups in total. The maximum atomic E-state index is 5.49. The molecule has 0 aliphatic rings. The SMILES string of the molecule is COc1ccc(Cc2ncc(CCN)[nH]2)cc1. The normalized spacial score (nSPS) is 10.5. The molecule has 0 aliphatic heterocycles. The molecule has 0 saturated carbocycles. The summed E-state index contributed by atoms with van der Waals surface area (Å²) in [5, 5.41) is 0. The fraction of sp³-hybridized carbons (Fsp3) is 0.308. The lowest BCUT2D eigenvalue weighted by atomic mass is 10.1. The van der Waals surface area contributed by atoms with Crippen LogP contribution in [0.5, 0.6) is 5.75 Å². The molecule has 2 aromatic rings. The lowest BCUT2D eigenvalue weighted by Crippen LogP contribution is -2.02. The average Bonchev–Trinajstić information content (AvgIpc) is 2.78. The molecule has 4 nitrogen and oxygen atoms in total. The molecule has 0 atom stereocenters. The lowest BCUT2D eigenvalue weighted by molar-refractivity contribution is 0.414.